The lowest BCUT2D eigenvalue weighted by atomic mass is 9.85. The number of hydrogen-bond acceptors (Lipinski definition) is 3. The quantitative estimate of drug-likeness (QED) is 0.551. The number of fused-ring (bicyclic) bond motifs is 1. The third-order valence-corrected chi connectivity index (χ3v) is 5.67. The summed E-state index contributed by atoms with van der Waals surface area (Å²) in [6, 6.07) is 7.74. The standard InChI is InChI=1S/C22H24F3N3O2/c1-14-10-17(12-27(2)21(14)29)16-6-7-18-19(11-16)28(8-9-30-13-22(23,24)25)20(26-18)15-4-3-5-15/h6-7,10-12,15H,3-5,8-9,13H2,1-2H3. The van der Waals surface area contributed by atoms with Crippen molar-refractivity contribution >= 4 is 11.0 Å². The summed E-state index contributed by atoms with van der Waals surface area (Å²) in [4.78, 5) is 16.8. The second-order valence-electron chi connectivity index (χ2n) is 7.95. The van der Waals surface area contributed by atoms with E-state index in [2.05, 4.69) is 0 Å². The average Bonchev–Trinajstić information content (AvgIpc) is 2.97. The zero-order valence-electron chi connectivity index (χ0n) is 17.0. The fourth-order valence-corrected chi connectivity index (χ4v) is 3.91. The third kappa shape index (κ3) is 4.14. The van der Waals surface area contributed by atoms with Gasteiger partial charge in [0.25, 0.3) is 5.56 Å². The van der Waals surface area contributed by atoms with Crippen molar-refractivity contribution in [3.8, 4) is 11.1 Å². The summed E-state index contributed by atoms with van der Waals surface area (Å²) < 4.78 is 45.6. The van der Waals surface area contributed by atoms with Crippen LogP contribution in [0.25, 0.3) is 22.2 Å². The van der Waals surface area contributed by atoms with Gasteiger partial charge in [-0.05, 0) is 49.1 Å². The number of ether oxygens (including phenoxy) is 1. The predicted molar refractivity (Wildman–Crippen MR) is 109 cm³/mol. The lowest BCUT2D eigenvalue weighted by molar-refractivity contribution is -0.174. The number of hydrogen-bond donors (Lipinski definition) is 0. The Kier molecular flexibility index (Phi) is 5.44. The lowest BCUT2D eigenvalue weighted by Gasteiger charge is -2.25. The molecule has 0 N–H and O–H groups in total. The summed E-state index contributed by atoms with van der Waals surface area (Å²) in [7, 11) is 1.72. The lowest BCUT2D eigenvalue weighted by Crippen LogP contribution is -2.21. The SMILES string of the molecule is Cc1cc(-c2ccc3nc(C4CCC4)n(CCOCC(F)(F)F)c3c2)cn(C)c1=O. The fourth-order valence-electron chi connectivity index (χ4n) is 3.91. The largest absolute Gasteiger partial charge is 0.411 e. The van der Waals surface area contributed by atoms with E-state index in [4.69, 9.17) is 9.72 Å². The average molecular weight is 419 g/mol. The molecule has 0 unspecified atom stereocenters. The number of benzene rings is 1. The van der Waals surface area contributed by atoms with Crippen molar-refractivity contribution in [2.24, 2.45) is 7.05 Å². The highest BCUT2D eigenvalue weighted by atomic mass is 19.4. The minimum Gasteiger partial charge on any atom is -0.370 e. The number of halogens is 3. The normalized spacial score (nSPS) is 15.0. The van der Waals surface area contributed by atoms with E-state index in [1.54, 1.807) is 24.7 Å². The second kappa shape index (κ2) is 7.91. The first-order valence-corrected chi connectivity index (χ1v) is 10.1. The van der Waals surface area contributed by atoms with E-state index in [9.17, 15) is 18.0 Å². The van der Waals surface area contributed by atoms with Crippen molar-refractivity contribution in [1.29, 1.82) is 0 Å². The molecule has 0 amide bonds. The number of alkyl halides is 3. The van der Waals surface area contributed by atoms with Crippen LogP contribution in [0.3, 0.4) is 0 Å². The third-order valence-electron chi connectivity index (χ3n) is 5.67. The summed E-state index contributed by atoms with van der Waals surface area (Å²) >= 11 is 0. The van der Waals surface area contributed by atoms with Gasteiger partial charge in [0.2, 0.25) is 0 Å². The Bertz CT molecular complexity index is 1100. The maximum Gasteiger partial charge on any atom is 0.411 e. The van der Waals surface area contributed by atoms with Gasteiger partial charge < -0.3 is 13.9 Å². The molecule has 1 aromatic carbocycles. The van der Waals surface area contributed by atoms with Gasteiger partial charge in [-0.2, -0.15) is 13.2 Å². The number of rotatable bonds is 6. The van der Waals surface area contributed by atoms with Crippen molar-refractivity contribution in [2.75, 3.05) is 13.2 Å². The van der Waals surface area contributed by atoms with Crippen LogP contribution in [0.5, 0.6) is 0 Å². The van der Waals surface area contributed by atoms with Crippen LogP contribution in [-0.4, -0.2) is 33.5 Å². The first-order chi connectivity index (χ1) is 14.2. The highest BCUT2D eigenvalue weighted by molar-refractivity contribution is 5.82. The van der Waals surface area contributed by atoms with Crippen LogP contribution in [0.4, 0.5) is 13.2 Å². The Hall–Kier alpha value is -2.61. The molecule has 4 rings (SSSR count). The molecule has 2 aromatic heterocycles. The fraction of sp³-hybridized carbons (Fsp3) is 0.455. The van der Waals surface area contributed by atoms with Crippen LogP contribution in [0.1, 0.15) is 36.6 Å². The molecule has 0 saturated heterocycles. The Morgan fingerprint density at radius 3 is 2.60 bits per heavy atom. The van der Waals surface area contributed by atoms with E-state index in [0.29, 0.717) is 18.0 Å². The van der Waals surface area contributed by atoms with E-state index in [1.807, 2.05) is 28.8 Å². The molecule has 0 atom stereocenters. The molecule has 0 radical (unpaired) electrons. The molecule has 30 heavy (non-hydrogen) atoms. The summed E-state index contributed by atoms with van der Waals surface area (Å²) in [5.74, 6) is 1.25. The Balaban J connectivity index is 1.70. The molecule has 1 aliphatic carbocycles. The van der Waals surface area contributed by atoms with Gasteiger partial charge >= 0.3 is 6.18 Å². The first kappa shape index (κ1) is 20.7. The highest BCUT2D eigenvalue weighted by Crippen LogP contribution is 2.38. The van der Waals surface area contributed by atoms with Gasteiger partial charge in [0, 0.05) is 31.3 Å². The number of aryl methyl sites for hydroxylation is 2. The molecule has 160 valence electrons. The highest BCUT2D eigenvalue weighted by Gasteiger charge is 2.28. The van der Waals surface area contributed by atoms with Crippen molar-refractivity contribution in [2.45, 2.75) is 44.8 Å². The van der Waals surface area contributed by atoms with Gasteiger partial charge in [-0.3, -0.25) is 4.79 Å². The summed E-state index contributed by atoms with van der Waals surface area (Å²) in [5.41, 5.74) is 4.13. The number of nitrogens with zero attached hydrogens (tertiary/aromatic N) is 3. The number of aromatic nitrogens is 3. The van der Waals surface area contributed by atoms with Crippen molar-refractivity contribution in [1.82, 2.24) is 14.1 Å². The molecular formula is C22H24F3N3O2. The van der Waals surface area contributed by atoms with Gasteiger partial charge in [-0.25, -0.2) is 4.98 Å². The van der Waals surface area contributed by atoms with Crippen LogP contribution in [0.15, 0.2) is 35.3 Å². The van der Waals surface area contributed by atoms with Crippen molar-refractivity contribution < 1.29 is 17.9 Å². The van der Waals surface area contributed by atoms with Gasteiger partial charge in [0.05, 0.1) is 17.6 Å². The Labute approximate surface area is 172 Å². The molecule has 8 heteroatoms. The molecule has 0 aliphatic heterocycles. The van der Waals surface area contributed by atoms with Crippen molar-refractivity contribution in [3.05, 3.63) is 52.2 Å². The zero-order valence-corrected chi connectivity index (χ0v) is 17.0. The van der Waals surface area contributed by atoms with Crippen LogP contribution in [-0.2, 0) is 18.3 Å². The zero-order chi connectivity index (χ0) is 21.5. The monoisotopic (exact) mass is 419 g/mol. The molecule has 1 aliphatic rings. The van der Waals surface area contributed by atoms with E-state index in [-0.39, 0.29) is 12.2 Å². The molecule has 1 fully saturated rings. The smallest absolute Gasteiger partial charge is 0.370 e. The van der Waals surface area contributed by atoms with E-state index in [0.717, 1.165) is 47.2 Å². The van der Waals surface area contributed by atoms with Gasteiger partial charge in [0.15, 0.2) is 0 Å². The minimum absolute atomic E-state index is 0.0339. The summed E-state index contributed by atoms with van der Waals surface area (Å²) in [6.07, 6.45) is 0.679. The van der Waals surface area contributed by atoms with Crippen LogP contribution in [0, 0.1) is 6.92 Å². The van der Waals surface area contributed by atoms with Crippen LogP contribution in [0.2, 0.25) is 0 Å². The first-order valence-electron chi connectivity index (χ1n) is 10.1. The van der Waals surface area contributed by atoms with Gasteiger partial charge in [-0.15, -0.1) is 0 Å². The van der Waals surface area contributed by atoms with Crippen LogP contribution >= 0.6 is 0 Å². The van der Waals surface area contributed by atoms with E-state index >= 15 is 0 Å². The molecule has 0 bridgehead atoms. The van der Waals surface area contributed by atoms with E-state index < -0.39 is 12.8 Å². The molecule has 3 aromatic rings. The van der Waals surface area contributed by atoms with Crippen LogP contribution < -0.4 is 5.56 Å². The molecule has 2 heterocycles. The number of pyridine rings is 1. The minimum atomic E-state index is -4.33. The van der Waals surface area contributed by atoms with Crippen molar-refractivity contribution in [3.63, 3.8) is 0 Å². The predicted octanol–water partition coefficient (Wildman–Crippen LogP) is 4.56. The number of imidazole rings is 1. The second-order valence-corrected chi connectivity index (χ2v) is 7.95. The molecular weight excluding hydrogens is 395 g/mol. The Morgan fingerprint density at radius 1 is 1.20 bits per heavy atom. The topological polar surface area (TPSA) is 49.0 Å². The molecule has 0 spiro atoms. The van der Waals surface area contributed by atoms with E-state index in [1.165, 1.54) is 0 Å². The molecule has 1 saturated carbocycles. The summed E-state index contributed by atoms with van der Waals surface area (Å²) in [5, 5.41) is 0. The maximum absolute atomic E-state index is 12.4. The Morgan fingerprint density at radius 2 is 1.97 bits per heavy atom. The van der Waals surface area contributed by atoms with Gasteiger partial charge in [0.1, 0.15) is 12.4 Å². The molecule has 5 nitrogen and oxygen atoms in total. The van der Waals surface area contributed by atoms with Gasteiger partial charge in [-0.1, -0.05) is 12.5 Å². The maximum atomic E-state index is 12.4. The summed E-state index contributed by atoms with van der Waals surface area (Å²) in [6.45, 7) is 0.810.